The fourth-order valence-corrected chi connectivity index (χ4v) is 3.24. The standard InChI is InChI=1S/C23H30N2O2/c1-3-15-25(16-4-2)23(27)18-24-22(26)17-21(19-11-7-5-8-12-19)20-13-9-6-10-14-20/h5-14,21H,3-4,15-18H2,1-2H3,(H,24,26). The fraction of sp³-hybridized carbons (Fsp3) is 0.391. The first-order valence-electron chi connectivity index (χ1n) is 9.80. The van der Waals surface area contributed by atoms with E-state index in [2.05, 4.69) is 19.2 Å². The number of nitrogens with one attached hydrogen (secondary N) is 1. The molecular formula is C23H30N2O2. The molecule has 2 rings (SSSR count). The lowest BCUT2D eigenvalue weighted by Gasteiger charge is -2.22. The third-order valence-electron chi connectivity index (χ3n) is 4.57. The normalized spacial score (nSPS) is 10.6. The molecule has 2 aromatic carbocycles. The van der Waals surface area contributed by atoms with Crippen LogP contribution in [-0.4, -0.2) is 36.3 Å². The molecular weight excluding hydrogens is 336 g/mol. The van der Waals surface area contributed by atoms with Crippen LogP contribution in [0, 0.1) is 0 Å². The Balaban J connectivity index is 2.01. The number of carbonyl (C=O) groups excluding carboxylic acids is 2. The number of rotatable bonds is 10. The van der Waals surface area contributed by atoms with Gasteiger partial charge in [-0.3, -0.25) is 9.59 Å². The highest BCUT2D eigenvalue weighted by atomic mass is 16.2. The number of carbonyl (C=O) groups is 2. The number of hydrogen-bond acceptors (Lipinski definition) is 2. The van der Waals surface area contributed by atoms with Crippen LogP contribution in [0.2, 0.25) is 0 Å². The summed E-state index contributed by atoms with van der Waals surface area (Å²) < 4.78 is 0. The number of benzene rings is 2. The molecule has 2 aromatic rings. The SMILES string of the molecule is CCCN(CCC)C(=O)CNC(=O)CC(c1ccccc1)c1ccccc1. The van der Waals surface area contributed by atoms with Crippen LogP contribution in [-0.2, 0) is 9.59 Å². The van der Waals surface area contributed by atoms with Crippen molar-refractivity contribution in [3.8, 4) is 0 Å². The molecule has 0 aliphatic rings. The Bertz CT molecular complexity index is 655. The predicted octanol–water partition coefficient (Wildman–Crippen LogP) is 3.97. The van der Waals surface area contributed by atoms with Crippen LogP contribution < -0.4 is 5.32 Å². The molecule has 4 nitrogen and oxygen atoms in total. The lowest BCUT2D eigenvalue weighted by Crippen LogP contribution is -2.41. The number of amides is 2. The molecule has 0 heterocycles. The van der Waals surface area contributed by atoms with Crippen LogP contribution in [0.5, 0.6) is 0 Å². The molecule has 0 aliphatic carbocycles. The molecule has 0 saturated heterocycles. The Hall–Kier alpha value is -2.62. The molecule has 0 atom stereocenters. The summed E-state index contributed by atoms with van der Waals surface area (Å²) in [5, 5.41) is 2.82. The topological polar surface area (TPSA) is 49.4 Å². The third kappa shape index (κ3) is 6.55. The van der Waals surface area contributed by atoms with E-state index in [1.807, 2.05) is 65.6 Å². The Kier molecular flexibility index (Phi) is 8.56. The van der Waals surface area contributed by atoms with Crippen molar-refractivity contribution in [1.29, 1.82) is 0 Å². The van der Waals surface area contributed by atoms with E-state index in [9.17, 15) is 9.59 Å². The highest BCUT2D eigenvalue weighted by Gasteiger charge is 2.19. The quantitative estimate of drug-likeness (QED) is 0.692. The van der Waals surface area contributed by atoms with Crippen molar-refractivity contribution < 1.29 is 9.59 Å². The van der Waals surface area contributed by atoms with Gasteiger partial charge in [0.05, 0.1) is 6.54 Å². The summed E-state index contributed by atoms with van der Waals surface area (Å²) in [7, 11) is 0. The van der Waals surface area contributed by atoms with Gasteiger partial charge < -0.3 is 10.2 Å². The maximum Gasteiger partial charge on any atom is 0.241 e. The second-order valence-corrected chi connectivity index (χ2v) is 6.74. The first-order chi connectivity index (χ1) is 13.2. The molecule has 2 amide bonds. The summed E-state index contributed by atoms with van der Waals surface area (Å²) in [6.45, 7) is 5.64. The molecule has 0 saturated carbocycles. The van der Waals surface area contributed by atoms with E-state index in [1.54, 1.807) is 0 Å². The van der Waals surface area contributed by atoms with Gasteiger partial charge in [0.15, 0.2) is 0 Å². The van der Waals surface area contributed by atoms with Crippen LogP contribution in [0.3, 0.4) is 0 Å². The van der Waals surface area contributed by atoms with Crippen LogP contribution >= 0.6 is 0 Å². The van der Waals surface area contributed by atoms with Crippen LogP contribution in [0.15, 0.2) is 60.7 Å². The van der Waals surface area contributed by atoms with Crippen molar-refractivity contribution in [2.75, 3.05) is 19.6 Å². The highest BCUT2D eigenvalue weighted by molar-refractivity contribution is 5.85. The van der Waals surface area contributed by atoms with E-state index in [0.29, 0.717) is 6.42 Å². The number of hydrogen-bond donors (Lipinski definition) is 1. The molecule has 0 aromatic heterocycles. The maximum atomic E-state index is 12.6. The van der Waals surface area contributed by atoms with Gasteiger partial charge in [-0.05, 0) is 24.0 Å². The van der Waals surface area contributed by atoms with Gasteiger partial charge in [-0.2, -0.15) is 0 Å². The van der Waals surface area contributed by atoms with Gasteiger partial charge in [-0.1, -0.05) is 74.5 Å². The van der Waals surface area contributed by atoms with Gasteiger partial charge >= 0.3 is 0 Å². The third-order valence-corrected chi connectivity index (χ3v) is 4.57. The molecule has 1 N–H and O–H groups in total. The summed E-state index contributed by atoms with van der Waals surface area (Å²) in [6, 6.07) is 20.1. The molecule has 0 radical (unpaired) electrons. The maximum absolute atomic E-state index is 12.6. The van der Waals surface area contributed by atoms with E-state index in [0.717, 1.165) is 37.1 Å². The molecule has 4 heteroatoms. The Morgan fingerprint density at radius 3 is 1.78 bits per heavy atom. The lowest BCUT2D eigenvalue weighted by molar-refractivity contribution is -0.133. The molecule has 0 spiro atoms. The summed E-state index contributed by atoms with van der Waals surface area (Å²) in [4.78, 5) is 26.8. The smallest absolute Gasteiger partial charge is 0.241 e. The van der Waals surface area contributed by atoms with Crippen LogP contribution in [0.25, 0.3) is 0 Å². The summed E-state index contributed by atoms with van der Waals surface area (Å²) in [5.74, 6) is -0.137. The van der Waals surface area contributed by atoms with E-state index in [-0.39, 0.29) is 24.3 Å². The van der Waals surface area contributed by atoms with Gasteiger partial charge in [0, 0.05) is 25.4 Å². The summed E-state index contributed by atoms with van der Waals surface area (Å²) in [5.41, 5.74) is 2.20. The van der Waals surface area contributed by atoms with Crippen LogP contribution in [0.1, 0.15) is 50.2 Å². The molecule has 0 aliphatic heterocycles. The first kappa shape index (κ1) is 20.7. The zero-order chi connectivity index (χ0) is 19.5. The van der Waals surface area contributed by atoms with Crippen molar-refractivity contribution in [3.63, 3.8) is 0 Å². The Labute approximate surface area is 162 Å². The lowest BCUT2D eigenvalue weighted by atomic mass is 9.88. The van der Waals surface area contributed by atoms with Crippen LogP contribution in [0.4, 0.5) is 0 Å². The Morgan fingerprint density at radius 1 is 0.852 bits per heavy atom. The zero-order valence-electron chi connectivity index (χ0n) is 16.4. The first-order valence-corrected chi connectivity index (χ1v) is 9.80. The minimum atomic E-state index is -0.103. The second-order valence-electron chi connectivity index (χ2n) is 6.74. The van der Waals surface area contributed by atoms with E-state index < -0.39 is 0 Å². The van der Waals surface area contributed by atoms with Gasteiger partial charge in [0.25, 0.3) is 0 Å². The van der Waals surface area contributed by atoms with Gasteiger partial charge in [-0.25, -0.2) is 0 Å². The minimum Gasteiger partial charge on any atom is -0.347 e. The average Bonchev–Trinajstić information content (AvgIpc) is 2.71. The van der Waals surface area contributed by atoms with Gasteiger partial charge in [0.2, 0.25) is 11.8 Å². The number of nitrogens with zero attached hydrogens (tertiary/aromatic N) is 1. The van der Waals surface area contributed by atoms with Gasteiger partial charge in [0.1, 0.15) is 0 Å². The van der Waals surface area contributed by atoms with Crippen molar-refractivity contribution >= 4 is 11.8 Å². The van der Waals surface area contributed by atoms with Gasteiger partial charge in [-0.15, -0.1) is 0 Å². The largest absolute Gasteiger partial charge is 0.347 e. The van der Waals surface area contributed by atoms with E-state index in [4.69, 9.17) is 0 Å². The summed E-state index contributed by atoms with van der Waals surface area (Å²) >= 11 is 0. The molecule has 27 heavy (non-hydrogen) atoms. The highest BCUT2D eigenvalue weighted by Crippen LogP contribution is 2.27. The second kappa shape index (κ2) is 11.2. The fourth-order valence-electron chi connectivity index (χ4n) is 3.24. The molecule has 144 valence electrons. The van der Waals surface area contributed by atoms with Crippen molar-refractivity contribution in [3.05, 3.63) is 71.8 Å². The van der Waals surface area contributed by atoms with E-state index >= 15 is 0 Å². The van der Waals surface area contributed by atoms with Crippen molar-refractivity contribution in [2.45, 2.75) is 39.0 Å². The molecule has 0 unspecified atom stereocenters. The van der Waals surface area contributed by atoms with E-state index in [1.165, 1.54) is 0 Å². The van der Waals surface area contributed by atoms with Crippen molar-refractivity contribution in [2.24, 2.45) is 0 Å². The molecule has 0 bridgehead atoms. The average molecular weight is 367 g/mol. The summed E-state index contributed by atoms with van der Waals surface area (Å²) in [6.07, 6.45) is 2.16. The monoisotopic (exact) mass is 366 g/mol. The zero-order valence-corrected chi connectivity index (χ0v) is 16.4. The minimum absolute atomic E-state index is 0.0111. The predicted molar refractivity (Wildman–Crippen MR) is 110 cm³/mol. The van der Waals surface area contributed by atoms with Crippen molar-refractivity contribution in [1.82, 2.24) is 10.2 Å². The Morgan fingerprint density at radius 2 is 1.33 bits per heavy atom. The molecule has 0 fully saturated rings.